The minimum Gasteiger partial charge on any atom is -0.454 e. The fraction of sp³-hybridized carbons (Fsp3) is 0. The molecule has 0 atom stereocenters. The third kappa shape index (κ3) is 1.88. The van der Waals surface area contributed by atoms with Gasteiger partial charge in [-0.25, -0.2) is 4.98 Å². The summed E-state index contributed by atoms with van der Waals surface area (Å²) < 4.78 is 7.80. The Morgan fingerprint density at radius 1 is 1.00 bits per heavy atom. The average Bonchev–Trinajstić information content (AvgIpc) is 3.02. The molecule has 0 aliphatic heterocycles. The lowest BCUT2D eigenvalue weighted by Crippen LogP contribution is -1.77. The van der Waals surface area contributed by atoms with Gasteiger partial charge in [0, 0.05) is 17.8 Å². The summed E-state index contributed by atoms with van der Waals surface area (Å²) in [5.74, 6) is 0.805. The molecule has 0 unspecified atom stereocenters. The van der Waals surface area contributed by atoms with Gasteiger partial charge in [0.2, 0.25) is 0 Å². The summed E-state index contributed by atoms with van der Waals surface area (Å²) in [5.41, 5.74) is 2.68. The van der Waals surface area contributed by atoms with Crippen LogP contribution in [0.3, 0.4) is 0 Å². The second-order valence-electron chi connectivity index (χ2n) is 4.24. The van der Waals surface area contributed by atoms with E-state index in [0.717, 1.165) is 28.1 Å². The van der Waals surface area contributed by atoms with E-state index in [9.17, 15) is 0 Å². The maximum absolute atomic E-state index is 5.81. The molecule has 0 N–H and O–H groups in total. The molecule has 94 valence electrons. The van der Waals surface area contributed by atoms with Gasteiger partial charge in [0.1, 0.15) is 16.9 Å². The van der Waals surface area contributed by atoms with Crippen molar-refractivity contribution in [3.63, 3.8) is 0 Å². The molecule has 3 nitrogen and oxygen atoms in total. The molecular weight excluding hydrogens is 260 g/mol. The summed E-state index contributed by atoms with van der Waals surface area (Å²) >= 11 is 0. The van der Waals surface area contributed by atoms with Crippen molar-refractivity contribution in [3.05, 3.63) is 60.9 Å². The SMILES string of the molecule is Cl.c1ccc2oc(-c3cn4ccccc4n3)cc2c1. The van der Waals surface area contributed by atoms with E-state index in [4.69, 9.17) is 4.42 Å². The molecule has 0 bridgehead atoms. The van der Waals surface area contributed by atoms with Crippen LogP contribution >= 0.6 is 12.4 Å². The van der Waals surface area contributed by atoms with Crippen molar-refractivity contribution in [1.29, 1.82) is 0 Å². The second-order valence-corrected chi connectivity index (χ2v) is 4.24. The number of hydrogen-bond donors (Lipinski definition) is 0. The zero-order valence-electron chi connectivity index (χ0n) is 9.98. The van der Waals surface area contributed by atoms with Crippen LogP contribution in [0.1, 0.15) is 0 Å². The zero-order valence-corrected chi connectivity index (χ0v) is 10.8. The molecule has 3 aromatic heterocycles. The summed E-state index contributed by atoms with van der Waals surface area (Å²) in [6.45, 7) is 0. The van der Waals surface area contributed by atoms with Crippen LogP contribution in [0.15, 0.2) is 65.3 Å². The molecule has 0 spiro atoms. The number of hydrogen-bond acceptors (Lipinski definition) is 2. The van der Waals surface area contributed by atoms with Crippen molar-refractivity contribution in [2.45, 2.75) is 0 Å². The van der Waals surface area contributed by atoms with Crippen LogP contribution in [0, 0.1) is 0 Å². The summed E-state index contributed by atoms with van der Waals surface area (Å²) in [6, 6.07) is 15.9. The minimum absolute atomic E-state index is 0. The predicted molar refractivity (Wildman–Crippen MR) is 77.6 cm³/mol. The number of nitrogens with zero attached hydrogens (tertiary/aromatic N) is 2. The van der Waals surface area contributed by atoms with E-state index in [1.54, 1.807) is 0 Å². The van der Waals surface area contributed by atoms with Crippen molar-refractivity contribution in [1.82, 2.24) is 9.38 Å². The van der Waals surface area contributed by atoms with E-state index in [1.807, 2.05) is 65.3 Å². The lowest BCUT2D eigenvalue weighted by Gasteiger charge is -1.86. The van der Waals surface area contributed by atoms with Crippen LogP contribution < -0.4 is 0 Å². The van der Waals surface area contributed by atoms with Crippen molar-refractivity contribution >= 4 is 29.0 Å². The molecule has 0 amide bonds. The highest BCUT2D eigenvalue weighted by atomic mass is 35.5. The Morgan fingerprint density at radius 3 is 2.68 bits per heavy atom. The quantitative estimate of drug-likeness (QED) is 0.520. The number of fused-ring (bicyclic) bond motifs is 2. The zero-order chi connectivity index (χ0) is 11.9. The van der Waals surface area contributed by atoms with Crippen LogP contribution in [0.2, 0.25) is 0 Å². The Hall–Kier alpha value is -2.26. The molecule has 0 saturated heterocycles. The van der Waals surface area contributed by atoms with E-state index < -0.39 is 0 Å². The number of para-hydroxylation sites is 1. The molecule has 0 aliphatic rings. The average molecular weight is 271 g/mol. The molecule has 4 aromatic rings. The normalized spacial score (nSPS) is 10.7. The molecule has 1 aromatic carbocycles. The van der Waals surface area contributed by atoms with E-state index in [2.05, 4.69) is 4.98 Å². The van der Waals surface area contributed by atoms with Gasteiger partial charge in [-0.05, 0) is 24.3 Å². The monoisotopic (exact) mass is 270 g/mol. The molecule has 19 heavy (non-hydrogen) atoms. The molecule has 0 radical (unpaired) electrons. The van der Waals surface area contributed by atoms with Gasteiger partial charge in [0.25, 0.3) is 0 Å². The van der Waals surface area contributed by atoms with Gasteiger partial charge in [-0.2, -0.15) is 0 Å². The van der Waals surface area contributed by atoms with E-state index in [1.165, 1.54) is 0 Å². The number of rotatable bonds is 1. The summed E-state index contributed by atoms with van der Waals surface area (Å²) in [5, 5.41) is 1.10. The summed E-state index contributed by atoms with van der Waals surface area (Å²) in [6.07, 6.45) is 3.96. The van der Waals surface area contributed by atoms with Gasteiger partial charge in [0.15, 0.2) is 5.76 Å². The first-order valence-corrected chi connectivity index (χ1v) is 5.83. The molecule has 4 heteroatoms. The fourth-order valence-electron chi connectivity index (χ4n) is 2.16. The lowest BCUT2D eigenvalue weighted by molar-refractivity contribution is 0.629. The number of imidazole rings is 1. The van der Waals surface area contributed by atoms with Crippen LogP contribution in [0.25, 0.3) is 28.1 Å². The van der Waals surface area contributed by atoms with Crippen LogP contribution in [0.5, 0.6) is 0 Å². The van der Waals surface area contributed by atoms with Crippen molar-refractivity contribution in [2.75, 3.05) is 0 Å². The number of pyridine rings is 1. The lowest BCUT2D eigenvalue weighted by atomic mass is 10.2. The highest BCUT2D eigenvalue weighted by Gasteiger charge is 2.09. The predicted octanol–water partition coefficient (Wildman–Crippen LogP) is 4.17. The van der Waals surface area contributed by atoms with Gasteiger partial charge in [0.05, 0.1) is 0 Å². The number of aromatic nitrogens is 2. The number of furan rings is 1. The molecule has 0 saturated carbocycles. The minimum atomic E-state index is 0. The maximum Gasteiger partial charge on any atom is 0.155 e. The highest BCUT2D eigenvalue weighted by Crippen LogP contribution is 2.27. The molecule has 0 aliphatic carbocycles. The maximum atomic E-state index is 5.81. The van der Waals surface area contributed by atoms with E-state index in [0.29, 0.717) is 0 Å². The van der Waals surface area contributed by atoms with Crippen LogP contribution in [-0.4, -0.2) is 9.38 Å². The Bertz CT molecular complexity index is 709. The topological polar surface area (TPSA) is 30.4 Å². The highest BCUT2D eigenvalue weighted by molar-refractivity contribution is 5.85. The molecule has 0 fully saturated rings. The van der Waals surface area contributed by atoms with Crippen LogP contribution in [-0.2, 0) is 0 Å². The standard InChI is InChI=1S/C15H10N2O.ClH/c1-2-6-13-11(5-1)9-14(18-13)12-10-17-8-4-3-7-15(17)16-12;/h1-10H;1H. The van der Waals surface area contributed by atoms with E-state index in [-0.39, 0.29) is 12.4 Å². The van der Waals surface area contributed by atoms with Crippen LogP contribution in [0.4, 0.5) is 0 Å². The van der Waals surface area contributed by atoms with E-state index >= 15 is 0 Å². The largest absolute Gasteiger partial charge is 0.454 e. The molecule has 4 rings (SSSR count). The van der Waals surface area contributed by atoms with Crippen molar-refractivity contribution in [3.8, 4) is 11.5 Å². The Balaban J connectivity index is 0.00000110. The van der Waals surface area contributed by atoms with Gasteiger partial charge in [-0.1, -0.05) is 24.3 Å². The smallest absolute Gasteiger partial charge is 0.155 e. The second kappa shape index (κ2) is 4.44. The first-order chi connectivity index (χ1) is 8.90. The van der Waals surface area contributed by atoms with Gasteiger partial charge < -0.3 is 8.82 Å². The van der Waals surface area contributed by atoms with Gasteiger partial charge >= 0.3 is 0 Å². The van der Waals surface area contributed by atoms with Crippen molar-refractivity contribution < 1.29 is 4.42 Å². The summed E-state index contributed by atoms with van der Waals surface area (Å²) in [7, 11) is 0. The Labute approximate surface area is 115 Å². The molecular formula is C15H11ClN2O. The van der Waals surface area contributed by atoms with Gasteiger partial charge in [-0.15, -0.1) is 12.4 Å². The first kappa shape index (κ1) is 11.8. The Kier molecular flexibility index (Phi) is 2.76. The van der Waals surface area contributed by atoms with Gasteiger partial charge in [-0.3, -0.25) is 0 Å². The van der Waals surface area contributed by atoms with Crippen molar-refractivity contribution in [2.24, 2.45) is 0 Å². The fourth-order valence-corrected chi connectivity index (χ4v) is 2.16. The number of benzene rings is 1. The third-order valence-electron chi connectivity index (χ3n) is 3.04. The molecule has 3 heterocycles. The summed E-state index contributed by atoms with van der Waals surface area (Å²) in [4.78, 5) is 4.55. The Morgan fingerprint density at radius 2 is 1.84 bits per heavy atom. The third-order valence-corrected chi connectivity index (χ3v) is 3.04. The first-order valence-electron chi connectivity index (χ1n) is 5.83. The number of halogens is 1.